The summed E-state index contributed by atoms with van der Waals surface area (Å²) in [4.78, 5) is 9.03. The minimum absolute atomic E-state index is 0.0704. The van der Waals surface area contributed by atoms with Crippen LogP contribution in [0.25, 0.3) is 11.0 Å². The predicted molar refractivity (Wildman–Crippen MR) is 54.6 cm³/mol. The summed E-state index contributed by atoms with van der Waals surface area (Å²) in [6, 6.07) is 6.05. The molecule has 2 aromatic rings. The largest absolute Gasteiger partial charge is 0.381 e. The minimum atomic E-state index is 0.0704. The lowest BCUT2D eigenvalue weighted by Gasteiger charge is -2.12. The van der Waals surface area contributed by atoms with Crippen molar-refractivity contribution in [1.82, 2.24) is 14.9 Å². The summed E-state index contributed by atoms with van der Waals surface area (Å²) in [7, 11) is 1.87. The van der Waals surface area contributed by atoms with E-state index in [1.54, 1.807) is 6.33 Å². The molecule has 0 spiro atoms. The summed E-state index contributed by atoms with van der Waals surface area (Å²) in [5.74, 6) is 0. The highest BCUT2D eigenvalue weighted by Crippen LogP contribution is 2.12. The van der Waals surface area contributed by atoms with Crippen molar-refractivity contribution in [3.05, 3.63) is 30.1 Å². The van der Waals surface area contributed by atoms with Gasteiger partial charge >= 0.3 is 0 Å². The van der Waals surface area contributed by atoms with Crippen LogP contribution in [0.1, 0.15) is 5.56 Å². The van der Waals surface area contributed by atoms with Gasteiger partial charge in [-0.15, -0.1) is 0 Å². The first-order valence-electron chi connectivity index (χ1n) is 4.51. The second-order valence-electron chi connectivity index (χ2n) is 3.41. The number of H-pyrrole nitrogens is 1. The molecule has 2 N–H and O–H groups in total. The maximum absolute atomic E-state index is 8.88. The normalized spacial score (nSPS) is 11.4. The molecule has 0 aliphatic carbocycles. The van der Waals surface area contributed by atoms with E-state index in [0.29, 0.717) is 0 Å². The number of fused-ring (bicyclic) bond motifs is 1. The molecule has 14 heavy (non-hydrogen) atoms. The number of benzene rings is 1. The van der Waals surface area contributed by atoms with Crippen LogP contribution in [0, 0.1) is 0 Å². The van der Waals surface area contributed by atoms with Gasteiger partial charge in [0.05, 0.1) is 24.1 Å². The zero-order valence-electron chi connectivity index (χ0n) is 8.07. The van der Waals surface area contributed by atoms with Gasteiger partial charge in [-0.25, -0.2) is 4.98 Å². The summed E-state index contributed by atoms with van der Waals surface area (Å²) in [6.45, 7) is 0.812. The Hall–Kier alpha value is -1.39. The number of nitrogens with zero attached hydrogens (tertiary/aromatic N) is 2. The highest BCUT2D eigenvalue weighted by atomic mass is 16.3. The fourth-order valence-corrected chi connectivity index (χ4v) is 1.44. The topological polar surface area (TPSA) is 52.1 Å². The molecule has 0 atom stereocenters. The van der Waals surface area contributed by atoms with Gasteiger partial charge in [0.2, 0.25) is 0 Å². The average molecular weight is 191 g/mol. The van der Waals surface area contributed by atoms with Crippen LogP contribution in [-0.4, -0.2) is 33.8 Å². The van der Waals surface area contributed by atoms with Gasteiger partial charge in [-0.2, -0.15) is 0 Å². The molecule has 0 radical (unpaired) electrons. The first-order chi connectivity index (χ1) is 6.79. The van der Waals surface area contributed by atoms with Crippen molar-refractivity contribution in [3.63, 3.8) is 0 Å². The van der Waals surface area contributed by atoms with Crippen molar-refractivity contribution in [1.29, 1.82) is 0 Å². The molecule has 0 unspecified atom stereocenters. The Morgan fingerprint density at radius 2 is 2.36 bits per heavy atom. The zero-order chi connectivity index (χ0) is 9.97. The highest BCUT2D eigenvalue weighted by Gasteiger charge is 2.00. The molecule has 74 valence electrons. The summed E-state index contributed by atoms with van der Waals surface area (Å²) < 4.78 is 0. The maximum atomic E-state index is 8.88. The Balaban J connectivity index is 2.25. The quantitative estimate of drug-likeness (QED) is 0.710. The lowest BCUT2D eigenvalue weighted by atomic mass is 10.2. The molecule has 0 aliphatic rings. The number of imidazole rings is 1. The van der Waals surface area contributed by atoms with Crippen LogP contribution in [0.4, 0.5) is 0 Å². The van der Waals surface area contributed by atoms with Crippen LogP contribution in [-0.2, 0) is 6.54 Å². The van der Waals surface area contributed by atoms with E-state index in [-0.39, 0.29) is 6.73 Å². The number of aromatic nitrogens is 2. The van der Waals surface area contributed by atoms with Gasteiger partial charge in [0.25, 0.3) is 0 Å². The van der Waals surface area contributed by atoms with Crippen LogP contribution in [0.3, 0.4) is 0 Å². The molecular weight excluding hydrogens is 178 g/mol. The third kappa shape index (κ3) is 1.76. The lowest BCUT2D eigenvalue weighted by Crippen LogP contribution is -2.18. The molecule has 4 heteroatoms. The number of hydrogen-bond donors (Lipinski definition) is 2. The van der Waals surface area contributed by atoms with E-state index in [9.17, 15) is 0 Å². The molecule has 2 rings (SSSR count). The first kappa shape index (κ1) is 9.18. The summed E-state index contributed by atoms with van der Waals surface area (Å²) >= 11 is 0. The standard InChI is InChI=1S/C10H13N3O/c1-13(7-14)5-8-2-3-9-10(4-8)12-6-11-9/h2-4,6,14H,5,7H2,1H3,(H,11,12). The van der Waals surface area contributed by atoms with Gasteiger partial charge in [-0.1, -0.05) is 6.07 Å². The van der Waals surface area contributed by atoms with Crippen LogP contribution in [0.15, 0.2) is 24.5 Å². The Kier molecular flexibility index (Phi) is 2.47. The molecule has 1 aromatic carbocycles. The zero-order valence-corrected chi connectivity index (χ0v) is 8.07. The van der Waals surface area contributed by atoms with Crippen molar-refractivity contribution in [2.45, 2.75) is 6.54 Å². The van der Waals surface area contributed by atoms with Crippen LogP contribution in [0.2, 0.25) is 0 Å². The second-order valence-corrected chi connectivity index (χ2v) is 3.41. The summed E-state index contributed by atoms with van der Waals surface area (Å²) in [6.07, 6.45) is 1.68. The molecule has 0 aliphatic heterocycles. The Morgan fingerprint density at radius 3 is 3.14 bits per heavy atom. The third-order valence-electron chi connectivity index (χ3n) is 2.18. The number of aromatic amines is 1. The van der Waals surface area contributed by atoms with E-state index in [0.717, 1.165) is 17.6 Å². The average Bonchev–Trinajstić information content (AvgIpc) is 2.64. The molecule has 1 heterocycles. The summed E-state index contributed by atoms with van der Waals surface area (Å²) in [5.41, 5.74) is 3.17. The monoisotopic (exact) mass is 191 g/mol. The van der Waals surface area contributed by atoms with Gasteiger partial charge in [0, 0.05) is 6.54 Å². The molecule has 4 nitrogen and oxygen atoms in total. The van der Waals surface area contributed by atoms with Crippen LogP contribution in [0.5, 0.6) is 0 Å². The molecule has 0 saturated heterocycles. The summed E-state index contributed by atoms with van der Waals surface area (Å²) in [5, 5.41) is 8.88. The Morgan fingerprint density at radius 1 is 1.50 bits per heavy atom. The van der Waals surface area contributed by atoms with Crippen molar-refractivity contribution in [2.75, 3.05) is 13.8 Å². The fourth-order valence-electron chi connectivity index (χ4n) is 1.44. The predicted octanol–water partition coefficient (Wildman–Crippen LogP) is 0.944. The number of aliphatic hydroxyl groups excluding tert-OH is 1. The van der Waals surface area contributed by atoms with Crippen molar-refractivity contribution < 1.29 is 5.11 Å². The van der Waals surface area contributed by atoms with Gasteiger partial charge in [0.1, 0.15) is 0 Å². The SMILES string of the molecule is CN(CO)Cc1ccc2nc[nH]c2c1. The molecule has 0 saturated carbocycles. The number of aliphatic hydroxyl groups is 1. The number of nitrogens with one attached hydrogen (secondary N) is 1. The molecule has 1 aromatic heterocycles. The van der Waals surface area contributed by atoms with Gasteiger partial charge in [-0.05, 0) is 24.7 Å². The van der Waals surface area contributed by atoms with E-state index in [1.807, 2.05) is 24.1 Å². The maximum Gasteiger partial charge on any atom is 0.0956 e. The number of hydrogen-bond acceptors (Lipinski definition) is 3. The van der Waals surface area contributed by atoms with Gasteiger partial charge < -0.3 is 10.1 Å². The Bertz CT molecular complexity index is 424. The van der Waals surface area contributed by atoms with E-state index >= 15 is 0 Å². The molecule has 0 bridgehead atoms. The van der Waals surface area contributed by atoms with Gasteiger partial charge in [0.15, 0.2) is 0 Å². The molecule has 0 fully saturated rings. The van der Waals surface area contributed by atoms with E-state index in [1.165, 1.54) is 5.56 Å². The van der Waals surface area contributed by atoms with Crippen molar-refractivity contribution >= 4 is 11.0 Å². The third-order valence-corrected chi connectivity index (χ3v) is 2.18. The van der Waals surface area contributed by atoms with E-state index in [4.69, 9.17) is 5.11 Å². The van der Waals surface area contributed by atoms with Crippen LogP contribution >= 0.6 is 0 Å². The lowest BCUT2D eigenvalue weighted by molar-refractivity contribution is 0.127. The van der Waals surface area contributed by atoms with Crippen molar-refractivity contribution in [2.24, 2.45) is 0 Å². The molecule has 0 amide bonds. The number of rotatable bonds is 3. The van der Waals surface area contributed by atoms with E-state index in [2.05, 4.69) is 16.0 Å². The second kappa shape index (κ2) is 3.77. The molecular formula is C10H13N3O. The minimum Gasteiger partial charge on any atom is -0.381 e. The van der Waals surface area contributed by atoms with Gasteiger partial charge in [-0.3, -0.25) is 4.90 Å². The highest BCUT2D eigenvalue weighted by molar-refractivity contribution is 5.74. The smallest absolute Gasteiger partial charge is 0.0956 e. The van der Waals surface area contributed by atoms with Crippen LogP contribution < -0.4 is 0 Å². The Labute approximate surface area is 82.2 Å². The van der Waals surface area contributed by atoms with E-state index < -0.39 is 0 Å². The fraction of sp³-hybridized carbons (Fsp3) is 0.300. The first-order valence-corrected chi connectivity index (χ1v) is 4.51. The van der Waals surface area contributed by atoms with Crippen molar-refractivity contribution in [3.8, 4) is 0 Å².